The lowest BCUT2D eigenvalue weighted by molar-refractivity contribution is -0.129. The summed E-state index contributed by atoms with van der Waals surface area (Å²) in [5, 5.41) is 12.7. The lowest BCUT2D eigenvalue weighted by Crippen LogP contribution is -2.14. The monoisotopic (exact) mass is 206 g/mol. The van der Waals surface area contributed by atoms with E-state index in [0.29, 0.717) is 6.42 Å². The van der Waals surface area contributed by atoms with Gasteiger partial charge in [-0.2, -0.15) is 5.10 Å². The molecule has 0 aliphatic heterocycles. The highest BCUT2D eigenvalue weighted by atomic mass is 16.4. The molecule has 1 aromatic carbocycles. The Bertz CT molecular complexity index is 347. The van der Waals surface area contributed by atoms with E-state index in [1.807, 2.05) is 37.3 Å². The molecule has 0 aliphatic rings. The second-order valence-corrected chi connectivity index (χ2v) is 3.09. The summed E-state index contributed by atoms with van der Waals surface area (Å²) in [6.45, 7) is 1.92. The lowest BCUT2D eigenvalue weighted by atomic mass is 10.2. The summed E-state index contributed by atoms with van der Waals surface area (Å²) < 4.78 is 0. The summed E-state index contributed by atoms with van der Waals surface area (Å²) in [7, 11) is 0. The fourth-order valence-corrected chi connectivity index (χ4v) is 1.09. The van der Waals surface area contributed by atoms with Crippen LogP contribution in [0.2, 0.25) is 0 Å². The molecule has 0 atom stereocenters. The lowest BCUT2D eigenvalue weighted by Gasteiger charge is -2.02. The highest BCUT2D eigenvalue weighted by Crippen LogP contribution is 2.05. The molecule has 4 heteroatoms. The predicted octanol–water partition coefficient (Wildman–Crippen LogP) is 2.34. The largest absolute Gasteiger partial charge is 0.477 e. The van der Waals surface area contributed by atoms with Gasteiger partial charge in [0.15, 0.2) is 0 Å². The summed E-state index contributed by atoms with van der Waals surface area (Å²) >= 11 is 0. The van der Waals surface area contributed by atoms with Gasteiger partial charge in [0.25, 0.3) is 0 Å². The number of carbonyl (C=O) groups is 1. The minimum atomic E-state index is -0.972. The van der Waals surface area contributed by atoms with Crippen LogP contribution >= 0.6 is 0 Å². The summed E-state index contributed by atoms with van der Waals surface area (Å²) in [5.74, 6) is -0.972. The molecule has 0 amide bonds. The van der Waals surface area contributed by atoms with Crippen molar-refractivity contribution in [3.63, 3.8) is 0 Å². The van der Waals surface area contributed by atoms with Crippen LogP contribution in [0.25, 0.3) is 0 Å². The smallest absolute Gasteiger partial charge is 0.352 e. The fraction of sp³-hybridized carbons (Fsp3) is 0.273. The number of nitrogens with zero attached hydrogens (tertiary/aromatic N) is 1. The molecule has 0 spiro atoms. The van der Waals surface area contributed by atoms with Gasteiger partial charge < -0.3 is 5.11 Å². The predicted molar refractivity (Wildman–Crippen MR) is 60.0 cm³/mol. The number of rotatable bonds is 5. The van der Waals surface area contributed by atoms with Gasteiger partial charge in [-0.25, -0.2) is 4.79 Å². The maximum Gasteiger partial charge on any atom is 0.352 e. The molecule has 15 heavy (non-hydrogen) atoms. The third kappa shape index (κ3) is 3.81. The standard InChI is InChI=1S/C11H14N2O2/c1-2-6-10(11(14)15)13-12-9-7-4-3-5-8-9/h3-5,7-8,12H,2,6H2,1H3,(H,14,15). The Labute approximate surface area is 88.6 Å². The number of hydrogen-bond donors (Lipinski definition) is 2. The highest BCUT2D eigenvalue weighted by Gasteiger charge is 2.07. The van der Waals surface area contributed by atoms with Crippen molar-refractivity contribution in [3.05, 3.63) is 30.3 Å². The molecular weight excluding hydrogens is 192 g/mol. The summed E-state index contributed by atoms with van der Waals surface area (Å²) in [6.07, 6.45) is 1.23. The zero-order chi connectivity index (χ0) is 11.1. The van der Waals surface area contributed by atoms with Crippen LogP contribution in [0, 0.1) is 0 Å². The molecule has 0 fully saturated rings. The molecule has 0 bridgehead atoms. The zero-order valence-electron chi connectivity index (χ0n) is 8.60. The Morgan fingerprint density at radius 3 is 2.60 bits per heavy atom. The van der Waals surface area contributed by atoms with Crippen LogP contribution in [-0.4, -0.2) is 16.8 Å². The molecule has 0 unspecified atom stereocenters. The second kappa shape index (κ2) is 5.80. The first kappa shape index (κ1) is 11.2. The van der Waals surface area contributed by atoms with Crippen LogP contribution in [0.1, 0.15) is 19.8 Å². The Morgan fingerprint density at radius 1 is 1.40 bits per heavy atom. The van der Waals surface area contributed by atoms with E-state index in [1.165, 1.54) is 0 Å². The minimum absolute atomic E-state index is 0.154. The fourth-order valence-electron chi connectivity index (χ4n) is 1.09. The van der Waals surface area contributed by atoms with E-state index in [0.717, 1.165) is 12.1 Å². The number of anilines is 1. The zero-order valence-corrected chi connectivity index (χ0v) is 8.60. The molecule has 1 rings (SSSR count). The molecule has 0 saturated heterocycles. The maximum atomic E-state index is 10.7. The van der Waals surface area contributed by atoms with Crippen molar-refractivity contribution in [1.29, 1.82) is 0 Å². The number of hydrazone groups is 1. The van der Waals surface area contributed by atoms with Crippen molar-refractivity contribution in [3.8, 4) is 0 Å². The van der Waals surface area contributed by atoms with Crippen molar-refractivity contribution >= 4 is 17.4 Å². The number of hydrogen-bond acceptors (Lipinski definition) is 3. The van der Waals surface area contributed by atoms with E-state index in [4.69, 9.17) is 5.11 Å². The van der Waals surface area contributed by atoms with Gasteiger partial charge in [-0.05, 0) is 18.6 Å². The number of benzene rings is 1. The molecule has 4 nitrogen and oxygen atoms in total. The average molecular weight is 206 g/mol. The summed E-state index contributed by atoms with van der Waals surface area (Å²) in [6, 6.07) is 9.26. The van der Waals surface area contributed by atoms with Gasteiger partial charge >= 0.3 is 5.97 Å². The third-order valence-corrected chi connectivity index (χ3v) is 1.83. The molecule has 80 valence electrons. The first-order valence-corrected chi connectivity index (χ1v) is 4.85. The van der Waals surface area contributed by atoms with Crippen LogP contribution in [0.3, 0.4) is 0 Å². The van der Waals surface area contributed by atoms with Crippen LogP contribution in [-0.2, 0) is 4.79 Å². The highest BCUT2D eigenvalue weighted by molar-refractivity contribution is 6.35. The third-order valence-electron chi connectivity index (χ3n) is 1.83. The van der Waals surface area contributed by atoms with E-state index >= 15 is 0 Å². The molecular formula is C11H14N2O2. The normalized spacial score (nSPS) is 11.1. The van der Waals surface area contributed by atoms with Crippen LogP contribution in [0.4, 0.5) is 5.69 Å². The Morgan fingerprint density at radius 2 is 2.07 bits per heavy atom. The van der Waals surface area contributed by atoms with E-state index < -0.39 is 5.97 Å². The van der Waals surface area contributed by atoms with Gasteiger partial charge in [-0.1, -0.05) is 31.5 Å². The molecule has 0 aliphatic carbocycles. The van der Waals surface area contributed by atoms with Crippen molar-refractivity contribution < 1.29 is 9.90 Å². The van der Waals surface area contributed by atoms with Gasteiger partial charge in [-0.15, -0.1) is 0 Å². The number of aliphatic carboxylic acids is 1. The van der Waals surface area contributed by atoms with E-state index in [1.54, 1.807) is 0 Å². The second-order valence-electron chi connectivity index (χ2n) is 3.09. The van der Waals surface area contributed by atoms with Gasteiger partial charge in [-0.3, -0.25) is 5.43 Å². The molecule has 0 aromatic heterocycles. The molecule has 0 heterocycles. The number of para-hydroxylation sites is 1. The van der Waals surface area contributed by atoms with Gasteiger partial charge in [0.1, 0.15) is 5.71 Å². The van der Waals surface area contributed by atoms with Gasteiger partial charge in [0.2, 0.25) is 0 Å². The topological polar surface area (TPSA) is 61.7 Å². The Balaban J connectivity index is 2.65. The molecule has 0 radical (unpaired) electrons. The number of carboxylic acids is 1. The van der Waals surface area contributed by atoms with Gasteiger partial charge in [0, 0.05) is 0 Å². The van der Waals surface area contributed by atoms with Gasteiger partial charge in [0.05, 0.1) is 5.69 Å². The Kier molecular flexibility index (Phi) is 4.34. The molecule has 2 N–H and O–H groups in total. The van der Waals surface area contributed by atoms with Crippen LogP contribution in [0.5, 0.6) is 0 Å². The van der Waals surface area contributed by atoms with E-state index in [-0.39, 0.29) is 5.71 Å². The van der Waals surface area contributed by atoms with Crippen molar-refractivity contribution in [1.82, 2.24) is 0 Å². The first-order valence-electron chi connectivity index (χ1n) is 4.85. The average Bonchev–Trinajstić information content (AvgIpc) is 2.25. The molecule has 0 saturated carbocycles. The summed E-state index contributed by atoms with van der Waals surface area (Å²) in [4.78, 5) is 10.7. The van der Waals surface area contributed by atoms with Crippen LogP contribution in [0.15, 0.2) is 35.4 Å². The first-order chi connectivity index (χ1) is 7.24. The van der Waals surface area contributed by atoms with Crippen molar-refractivity contribution in [2.24, 2.45) is 5.10 Å². The van der Waals surface area contributed by atoms with Crippen LogP contribution < -0.4 is 5.43 Å². The van der Waals surface area contributed by atoms with Crippen molar-refractivity contribution in [2.75, 3.05) is 5.43 Å². The quantitative estimate of drug-likeness (QED) is 0.574. The SMILES string of the molecule is CCCC(=NNc1ccccc1)C(=O)O. The van der Waals surface area contributed by atoms with E-state index in [2.05, 4.69) is 10.5 Å². The number of nitrogens with one attached hydrogen (secondary N) is 1. The summed E-state index contributed by atoms with van der Waals surface area (Å²) in [5.41, 5.74) is 3.66. The molecule has 1 aromatic rings. The maximum absolute atomic E-state index is 10.7. The van der Waals surface area contributed by atoms with E-state index in [9.17, 15) is 4.79 Å². The Hall–Kier alpha value is -1.84. The van der Waals surface area contributed by atoms with Crippen molar-refractivity contribution in [2.45, 2.75) is 19.8 Å². The number of carboxylic acid groups (broad SMARTS) is 1. The minimum Gasteiger partial charge on any atom is -0.477 e.